The molecule has 1 aliphatic heterocycles. The summed E-state index contributed by atoms with van der Waals surface area (Å²) in [6.07, 6.45) is 0. The maximum absolute atomic E-state index is 13.2. The summed E-state index contributed by atoms with van der Waals surface area (Å²) >= 11 is 0. The first-order valence-corrected chi connectivity index (χ1v) is 11.3. The second-order valence-corrected chi connectivity index (χ2v) is 9.13. The van der Waals surface area contributed by atoms with Crippen LogP contribution < -0.4 is 9.62 Å². The van der Waals surface area contributed by atoms with E-state index in [1.54, 1.807) is 63.2 Å². The van der Waals surface area contributed by atoms with Crippen molar-refractivity contribution in [2.24, 2.45) is 0 Å². The molecule has 4 rings (SSSR count). The maximum atomic E-state index is 13.2. The Kier molecular flexibility index (Phi) is 5.18. The zero-order valence-electron chi connectivity index (χ0n) is 17.4. The molecule has 0 saturated carbocycles. The van der Waals surface area contributed by atoms with Crippen LogP contribution in [0.25, 0.3) is 10.8 Å². The average molecular weight is 439 g/mol. The summed E-state index contributed by atoms with van der Waals surface area (Å²) in [5.74, 6) is -0.911. The van der Waals surface area contributed by atoms with Gasteiger partial charge in [0.25, 0.3) is 10.0 Å². The number of amides is 1. The van der Waals surface area contributed by atoms with Crippen molar-refractivity contribution in [3.05, 3.63) is 65.7 Å². The second kappa shape index (κ2) is 7.70. The molecule has 31 heavy (non-hydrogen) atoms. The van der Waals surface area contributed by atoms with Gasteiger partial charge in [0, 0.05) is 11.1 Å². The predicted molar refractivity (Wildman–Crippen MR) is 119 cm³/mol. The smallest absolute Gasteiger partial charge is 0.338 e. The van der Waals surface area contributed by atoms with Gasteiger partial charge >= 0.3 is 5.97 Å². The van der Waals surface area contributed by atoms with Crippen LogP contribution in [-0.4, -0.2) is 32.9 Å². The topological polar surface area (TPSA) is 92.8 Å². The molecule has 1 N–H and O–H groups in total. The van der Waals surface area contributed by atoms with E-state index in [1.807, 2.05) is 12.1 Å². The summed E-state index contributed by atoms with van der Waals surface area (Å²) in [7, 11) is -3.86. The summed E-state index contributed by atoms with van der Waals surface area (Å²) in [5, 5.41) is 4.21. The molecule has 160 valence electrons. The SMILES string of the molecule is CCOC(=O)c1ccc(NC(=O)C(C)N2c3cccc4cccc(c34)S2(=O)=O)c(C)c1. The van der Waals surface area contributed by atoms with Crippen LogP contribution in [0.2, 0.25) is 0 Å². The number of aryl methyl sites for hydroxylation is 1. The van der Waals surface area contributed by atoms with Crippen LogP contribution in [0.4, 0.5) is 11.4 Å². The number of anilines is 2. The molecule has 1 aliphatic rings. The number of carbonyl (C=O) groups excluding carboxylic acids is 2. The van der Waals surface area contributed by atoms with E-state index >= 15 is 0 Å². The van der Waals surface area contributed by atoms with E-state index in [4.69, 9.17) is 4.74 Å². The van der Waals surface area contributed by atoms with E-state index < -0.39 is 27.9 Å². The molecule has 3 aromatic carbocycles. The first kappa shape index (κ1) is 20.9. The number of nitrogens with zero attached hydrogens (tertiary/aromatic N) is 1. The van der Waals surface area contributed by atoms with Crippen molar-refractivity contribution < 1.29 is 22.7 Å². The van der Waals surface area contributed by atoms with Crippen molar-refractivity contribution >= 4 is 44.0 Å². The molecule has 0 bridgehead atoms. The molecule has 0 aromatic heterocycles. The fraction of sp³-hybridized carbons (Fsp3) is 0.217. The third kappa shape index (κ3) is 3.42. The number of ether oxygens (including phenoxy) is 1. The highest BCUT2D eigenvalue weighted by Gasteiger charge is 2.40. The Balaban J connectivity index is 1.63. The van der Waals surface area contributed by atoms with Crippen LogP contribution >= 0.6 is 0 Å². The van der Waals surface area contributed by atoms with Crippen molar-refractivity contribution in [3.63, 3.8) is 0 Å². The fourth-order valence-electron chi connectivity index (χ4n) is 3.83. The number of nitrogens with one attached hydrogen (secondary N) is 1. The summed E-state index contributed by atoms with van der Waals surface area (Å²) in [5.41, 5.74) is 2.04. The van der Waals surface area contributed by atoms with Crippen molar-refractivity contribution in [2.45, 2.75) is 31.7 Å². The van der Waals surface area contributed by atoms with Gasteiger partial charge in [0.05, 0.1) is 22.8 Å². The van der Waals surface area contributed by atoms with Gasteiger partial charge in [0.15, 0.2) is 0 Å². The van der Waals surface area contributed by atoms with Gasteiger partial charge in [0.2, 0.25) is 5.91 Å². The van der Waals surface area contributed by atoms with Crippen LogP contribution in [0.15, 0.2) is 59.5 Å². The minimum absolute atomic E-state index is 0.204. The van der Waals surface area contributed by atoms with Crippen LogP contribution in [0.5, 0.6) is 0 Å². The zero-order chi connectivity index (χ0) is 22.3. The lowest BCUT2D eigenvalue weighted by Gasteiger charge is -2.25. The van der Waals surface area contributed by atoms with Crippen molar-refractivity contribution in [1.82, 2.24) is 0 Å². The van der Waals surface area contributed by atoms with E-state index in [1.165, 1.54) is 4.31 Å². The van der Waals surface area contributed by atoms with Gasteiger partial charge in [-0.15, -0.1) is 0 Å². The molecule has 0 spiro atoms. The fourth-order valence-corrected chi connectivity index (χ4v) is 5.69. The summed E-state index contributed by atoms with van der Waals surface area (Å²) < 4.78 is 32.6. The van der Waals surface area contributed by atoms with Gasteiger partial charge < -0.3 is 10.1 Å². The Morgan fingerprint density at radius 1 is 1.10 bits per heavy atom. The van der Waals surface area contributed by atoms with Crippen LogP contribution in [0, 0.1) is 6.92 Å². The Bertz CT molecular complexity index is 1310. The number of rotatable bonds is 5. The molecule has 0 saturated heterocycles. The normalized spacial score (nSPS) is 15.0. The highest BCUT2D eigenvalue weighted by Crippen LogP contribution is 2.43. The van der Waals surface area contributed by atoms with Gasteiger partial charge in [-0.1, -0.05) is 24.3 Å². The molecule has 1 unspecified atom stereocenters. The van der Waals surface area contributed by atoms with Crippen molar-refractivity contribution in [3.8, 4) is 0 Å². The summed E-state index contributed by atoms with van der Waals surface area (Å²) in [6, 6.07) is 14.3. The van der Waals surface area contributed by atoms with Crippen LogP contribution in [-0.2, 0) is 19.6 Å². The van der Waals surface area contributed by atoms with Gasteiger partial charge in [0.1, 0.15) is 6.04 Å². The molecule has 1 heterocycles. The van der Waals surface area contributed by atoms with Crippen LogP contribution in [0.1, 0.15) is 29.8 Å². The number of esters is 1. The van der Waals surface area contributed by atoms with Crippen LogP contribution in [0.3, 0.4) is 0 Å². The van der Waals surface area contributed by atoms with Gasteiger partial charge in [-0.25, -0.2) is 13.2 Å². The molecule has 7 nitrogen and oxygen atoms in total. The number of hydrogen-bond acceptors (Lipinski definition) is 5. The molecule has 3 aromatic rings. The van der Waals surface area contributed by atoms with Gasteiger partial charge in [-0.3, -0.25) is 9.10 Å². The lowest BCUT2D eigenvalue weighted by Crippen LogP contribution is -2.44. The second-order valence-electron chi connectivity index (χ2n) is 7.35. The van der Waals surface area contributed by atoms with E-state index in [9.17, 15) is 18.0 Å². The molecule has 0 radical (unpaired) electrons. The standard InChI is InChI=1S/C23H22N2O5S/c1-4-30-23(27)17-11-12-18(14(2)13-17)24-22(26)15(3)25-19-9-5-7-16-8-6-10-20(21(16)19)31(25,28)29/h5-13,15H,4H2,1-3H3,(H,24,26). The zero-order valence-corrected chi connectivity index (χ0v) is 18.2. The summed E-state index contributed by atoms with van der Waals surface area (Å²) in [6.45, 7) is 5.31. The first-order valence-electron chi connectivity index (χ1n) is 9.90. The molecule has 0 aliphatic carbocycles. The summed E-state index contributed by atoms with van der Waals surface area (Å²) in [4.78, 5) is 25.1. The highest BCUT2D eigenvalue weighted by atomic mass is 32.2. The molecule has 1 atom stereocenters. The Hall–Kier alpha value is -3.39. The molecular weight excluding hydrogens is 416 g/mol. The van der Waals surface area contributed by atoms with E-state index in [2.05, 4.69) is 5.32 Å². The van der Waals surface area contributed by atoms with Gasteiger partial charge in [-0.05, 0) is 62.1 Å². The number of carbonyl (C=O) groups is 2. The Morgan fingerprint density at radius 3 is 2.48 bits per heavy atom. The molecule has 0 fully saturated rings. The van der Waals surface area contributed by atoms with E-state index in [-0.39, 0.29) is 11.5 Å². The Morgan fingerprint density at radius 2 is 1.81 bits per heavy atom. The minimum Gasteiger partial charge on any atom is -0.462 e. The molecular formula is C23H22N2O5S. The average Bonchev–Trinajstić information content (AvgIpc) is 2.97. The first-order chi connectivity index (χ1) is 14.8. The number of hydrogen-bond donors (Lipinski definition) is 1. The minimum atomic E-state index is -3.86. The third-order valence-electron chi connectivity index (χ3n) is 5.35. The van der Waals surface area contributed by atoms with Crippen molar-refractivity contribution in [2.75, 3.05) is 16.2 Å². The van der Waals surface area contributed by atoms with E-state index in [0.29, 0.717) is 27.9 Å². The van der Waals surface area contributed by atoms with E-state index in [0.717, 1.165) is 5.39 Å². The van der Waals surface area contributed by atoms with Crippen molar-refractivity contribution in [1.29, 1.82) is 0 Å². The third-order valence-corrected chi connectivity index (χ3v) is 7.27. The quantitative estimate of drug-likeness (QED) is 0.611. The molecule has 8 heteroatoms. The lowest BCUT2D eigenvalue weighted by molar-refractivity contribution is -0.116. The Labute approximate surface area is 180 Å². The largest absolute Gasteiger partial charge is 0.462 e. The number of sulfonamides is 1. The highest BCUT2D eigenvalue weighted by molar-refractivity contribution is 7.93. The molecule has 1 amide bonds. The monoisotopic (exact) mass is 438 g/mol. The van der Waals surface area contributed by atoms with Gasteiger partial charge in [-0.2, -0.15) is 0 Å². The predicted octanol–water partition coefficient (Wildman–Crippen LogP) is 3.86. The lowest BCUT2D eigenvalue weighted by atomic mass is 10.1. The maximum Gasteiger partial charge on any atom is 0.338 e. The number of benzene rings is 3.